The molecule has 0 spiro atoms. The molecule has 0 radical (unpaired) electrons. The predicted octanol–water partition coefficient (Wildman–Crippen LogP) is 3.81. The van der Waals surface area contributed by atoms with Crippen molar-refractivity contribution in [2.75, 3.05) is 0 Å². The van der Waals surface area contributed by atoms with Gasteiger partial charge < -0.3 is 10.3 Å². The van der Waals surface area contributed by atoms with Crippen molar-refractivity contribution in [2.24, 2.45) is 5.73 Å². The van der Waals surface area contributed by atoms with Gasteiger partial charge in [-0.15, -0.1) is 0 Å². The van der Waals surface area contributed by atoms with Gasteiger partial charge in [-0.3, -0.25) is 0 Å². The minimum atomic E-state index is 0.0643. The summed E-state index contributed by atoms with van der Waals surface area (Å²) in [5.41, 5.74) is 6.69. The number of aromatic nitrogens is 3. The molecule has 1 aliphatic rings. The molecule has 2 atom stereocenters. The van der Waals surface area contributed by atoms with Crippen molar-refractivity contribution in [1.29, 1.82) is 0 Å². The zero-order valence-corrected chi connectivity index (χ0v) is 12.9. The molecule has 3 rings (SSSR count). The van der Waals surface area contributed by atoms with E-state index in [0.717, 1.165) is 25.7 Å². The van der Waals surface area contributed by atoms with E-state index in [9.17, 15) is 0 Å². The van der Waals surface area contributed by atoms with E-state index in [1.165, 1.54) is 12.6 Å². The van der Waals surface area contributed by atoms with Crippen LogP contribution in [0.4, 0.5) is 0 Å². The molecule has 5 nitrogen and oxygen atoms in total. The van der Waals surface area contributed by atoms with Gasteiger partial charge in [-0.05, 0) is 18.9 Å². The second-order valence-corrected chi connectivity index (χ2v) is 6.19. The zero-order valence-electron chi connectivity index (χ0n) is 11.4. The Morgan fingerprint density at radius 1 is 1.19 bits per heavy atom. The maximum absolute atomic E-state index is 6.22. The summed E-state index contributed by atoms with van der Waals surface area (Å²) in [7, 11) is 0. The first-order valence-electron chi connectivity index (χ1n) is 7.06. The average molecular weight is 327 g/mol. The molecule has 0 saturated heterocycles. The Balaban J connectivity index is 1.88. The molecule has 1 saturated carbocycles. The molecular weight excluding hydrogens is 311 g/mol. The lowest BCUT2D eigenvalue weighted by atomic mass is 9.95. The van der Waals surface area contributed by atoms with Gasteiger partial charge in [-0.2, -0.15) is 4.98 Å². The first-order chi connectivity index (χ1) is 10.1. The highest BCUT2D eigenvalue weighted by Gasteiger charge is 2.27. The number of halogens is 2. The van der Waals surface area contributed by atoms with Crippen LogP contribution >= 0.6 is 23.2 Å². The van der Waals surface area contributed by atoms with Crippen LogP contribution in [-0.4, -0.2) is 21.2 Å². The molecule has 2 aromatic heterocycles. The molecule has 0 bridgehead atoms. The zero-order chi connectivity index (χ0) is 14.8. The quantitative estimate of drug-likeness (QED) is 0.849. The van der Waals surface area contributed by atoms with Gasteiger partial charge in [0.1, 0.15) is 5.69 Å². The van der Waals surface area contributed by atoms with Crippen LogP contribution in [0.25, 0.3) is 11.5 Å². The third kappa shape index (κ3) is 3.20. The van der Waals surface area contributed by atoms with Gasteiger partial charge in [0.15, 0.2) is 0 Å². The average Bonchev–Trinajstić information content (AvgIpc) is 2.82. The summed E-state index contributed by atoms with van der Waals surface area (Å²) in [6, 6.07) is 1.67. The first kappa shape index (κ1) is 14.8. The molecule has 1 aliphatic carbocycles. The van der Waals surface area contributed by atoms with Crippen molar-refractivity contribution in [3.05, 3.63) is 28.2 Å². The van der Waals surface area contributed by atoms with E-state index in [2.05, 4.69) is 15.1 Å². The largest absolute Gasteiger partial charge is 0.339 e. The third-order valence-electron chi connectivity index (χ3n) is 3.85. The van der Waals surface area contributed by atoms with Gasteiger partial charge >= 0.3 is 0 Å². The molecule has 7 heteroatoms. The number of rotatable bonds is 2. The van der Waals surface area contributed by atoms with Gasteiger partial charge in [-0.25, -0.2) is 4.98 Å². The Morgan fingerprint density at radius 2 is 2.00 bits per heavy atom. The molecule has 2 aromatic rings. The van der Waals surface area contributed by atoms with Crippen molar-refractivity contribution in [1.82, 2.24) is 15.1 Å². The van der Waals surface area contributed by atoms with Gasteiger partial charge in [0, 0.05) is 12.2 Å². The van der Waals surface area contributed by atoms with Crippen LogP contribution in [0.5, 0.6) is 0 Å². The number of hydrogen-bond acceptors (Lipinski definition) is 5. The van der Waals surface area contributed by atoms with E-state index in [1.54, 1.807) is 6.07 Å². The van der Waals surface area contributed by atoms with Gasteiger partial charge in [0.05, 0.1) is 16.0 Å². The smallest absolute Gasteiger partial charge is 0.231 e. The number of nitrogens with two attached hydrogens (primary N) is 1. The van der Waals surface area contributed by atoms with Crippen LogP contribution in [0.3, 0.4) is 0 Å². The van der Waals surface area contributed by atoms with Crippen LogP contribution in [-0.2, 0) is 0 Å². The summed E-state index contributed by atoms with van der Waals surface area (Å²) in [5, 5.41) is 4.86. The maximum atomic E-state index is 6.22. The minimum Gasteiger partial charge on any atom is -0.339 e. The minimum absolute atomic E-state index is 0.0643. The van der Waals surface area contributed by atoms with Crippen molar-refractivity contribution < 1.29 is 4.52 Å². The second-order valence-electron chi connectivity index (χ2n) is 5.35. The van der Waals surface area contributed by atoms with E-state index in [1.807, 2.05) is 0 Å². The van der Waals surface area contributed by atoms with E-state index in [-0.39, 0.29) is 12.0 Å². The standard InChI is InChI=1S/C14H16Cl2N4O/c15-8-6-10(16)12(18-7-8)13-19-14(21-20-13)9-4-2-1-3-5-11(9)17/h6-7,9,11H,1-5,17H2. The Labute approximate surface area is 132 Å². The summed E-state index contributed by atoms with van der Waals surface area (Å²) >= 11 is 12.0. The Kier molecular flexibility index (Phi) is 4.42. The summed E-state index contributed by atoms with van der Waals surface area (Å²) < 4.78 is 5.40. The fraction of sp³-hybridized carbons (Fsp3) is 0.500. The van der Waals surface area contributed by atoms with Crippen molar-refractivity contribution >= 4 is 23.2 Å². The summed E-state index contributed by atoms with van der Waals surface area (Å²) in [4.78, 5) is 8.60. The summed E-state index contributed by atoms with van der Waals surface area (Å²) in [5.74, 6) is 1.06. The third-order valence-corrected chi connectivity index (χ3v) is 4.34. The SMILES string of the molecule is NC1CCCCCC1c1nc(-c2ncc(Cl)cc2Cl)no1. The fourth-order valence-corrected chi connectivity index (χ4v) is 3.17. The summed E-state index contributed by atoms with van der Waals surface area (Å²) in [6.45, 7) is 0. The maximum Gasteiger partial charge on any atom is 0.231 e. The van der Waals surface area contributed by atoms with Gasteiger partial charge in [-0.1, -0.05) is 47.6 Å². The molecular formula is C14H16Cl2N4O. The molecule has 2 heterocycles. The van der Waals surface area contributed by atoms with Crippen molar-refractivity contribution in [2.45, 2.75) is 44.1 Å². The second kappa shape index (κ2) is 6.30. The monoisotopic (exact) mass is 326 g/mol. The van der Waals surface area contributed by atoms with Crippen LogP contribution in [0.2, 0.25) is 10.0 Å². The lowest BCUT2D eigenvalue weighted by molar-refractivity contribution is 0.326. The summed E-state index contributed by atoms with van der Waals surface area (Å²) in [6.07, 6.45) is 6.97. The Hall–Kier alpha value is -1.17. The van der Waals surface area contributed by atoms with Crippen LogP contribution in [0.15, 0.2) is 16.8 Å². The molecule has 0 aromatic carbocycles. The van der Waals surface area contributed by atoms with Crippen LogP contribution in [0, 0.1) is 0 Å². The lowest BCUT2D eigenvalue weighted by Gasteiger charge is -2.16. The highest BCUT2D eigenvalue weighted by atomic mass is 35.5. The highest BCUT2D eigenvalue weighted by molar-refractivity contribution is 6.35. The molecule has 112 valence electrons. The van der Waals surface area contributed by atoms with Crippen LogP contribution < -0.4 is 5.73 Å². The normalized spacial score (nSPS) is 23.0. The van der Waals surface area contributed by atoms with E-state index >= 15 is 0 Å². The van der Waals surface area contributed by atoms with Gasteiger partial charge in [0.25, 0.3) is 0 Å². The predicted molar refractivity (Wildman–Crippen MR) is 81.4 cm³/mol. The van der Waals surface area contributed by atoms with E-state index in [0.29, 0.717) is 27.5 Å². The fourth-order valence-electron chi connectivity index (χ4n) is 2.70. The topological polar surface area (TPSA) is 77.8 Å². The van der Waals surface area contributed by atoms with Crippen LogP contribution in [0.1, 0.15) is 43.9 Å². The highest BCUT2D eigenvalue weighted by Crippen LogP contribution is 2.32. The molecule has 0 aliphatic heterocycles. The first-order valence-corrected chi connectivity index (χ1v) is 7.81. The Bertz CT molecular complexity index is 631. The number of nitrogens with zero attached hydrogens (tertiary/aromatic N) is 3. The molecule has 21 heavy (non-hydrogen) atoms. The molecule has 0 amide bonds. The molecule has 2 unspecified atom stereocenters. The number of hydrogen-bond donors (Lipinski definition) is 1. The molecule has 1 fully saturated rings. The van der Waals surface area contributed by atoms with Crippen molar-refractivity contribution in [3.8, 4) is 11.5 Å². The molecule has 2 N–H and O–H groups in total. The van der Waals surface area contributed by atoms with E-state index < -0.39 is 0 Å². The Morgan fingerprint density at radius 3 is 2.81 bits per heavy atom. The van der Waals surface area contributed by atoms with E-state index in [4.69, 9.17) is 33.5 Å². The van der Waals surface area contributed by atoms with Gasteiger partial charge in [0.2, 0.25) is 11.7 Å². The lowest BCUT2D eigenvalue weighted by Crippen LogP contribution is -2.27. The van der Waals surface area contributed by atoms with Crippen molar-refractivity contribution in [3.63, 3.8) is 0 Å². The number of pyridine rings is 1.